The lowest BCUT2D eigenvalue weighted by molar-refractivity contribution is -0.194. The number of rotatable bonds is 5. The van der Waals surface area contributed by atoms with Crippen LogP contribution in [-0.2, 0) is 9.63 Å². The van der Waals surface area contributed by atoms with Gasteiger partial charge in [0.15, 0.2) is 6.61 Å². The lowest BCUT2D eigenvalue weighted by atomic mass is 9.82. The Morgan fingerprint density at radius 2 is 2.24 bits per heavy atom. The number of amides is 1. The molecule has 0 aliphatic carbocycles. The molecule has 0 spiro atoms. The maximum Gasteiger partial charge on any atom is 0.414 e. The van der Waals surface area contributed by atoms with Crippen LogP contribution < -0.4 is 10.8 Å². The molecule has 1 aliphatic rings. The average molecular weight is 254 g/mol. The van der Waals surface area contributed by atoms with Gasteiger partial charge in [-0.2, -0.15) is 13.2 Å². The summed E-state index contributed by atoms with van der Waals surface area (Å²) < 4.78 is 35.5. The van der Waals surface area contributed by atoms with E-state index >= 15 is 0 Å². The molecule has 4 nitrogen and oxygen atoms in total. The fourth-order valence-electron chi connectivity index (χ4n) is 2.03. The van der Waals surface area contributed by atoms with Crippen molar-refractivity contribution in [1.82, 2.24) is 10.8 Å². The molecule has 1 rings (SSSR count). The summed E-state index contributed by atoms with van der Waals surface area (Å²) in [6.07, 6.45) is -2.36. The van der Waals surface area contributed by atoms with Crippen molar-refractivity contribution in [2.45, 2.75) is 32.4 Å². The third kappa shape index (κ3) is 4.16. The minimum atomic E-state index is -4.43. The van der Waals surface area contributed by atoms with Gasteiger partial charge in [0.25, 0.3) is 5.91 Å². The van der Waals surface area contributed by atoms with Crippen molar-refractivity contribution < 1.29 is 22.8 Å². The van der Waals surface area contributed by atoms with Gasteiger partial charge >= 0.3 is 6.18 Å². The van der Waals surface area contributed by atoms with Crippen LogP contribution in [-0.4, -0.2) is 31.8 Å². The van der Waals surface area contributed by atoms with Gasteiger partial charge in [0.1, 0.15) is 0 Å². The number of halogens is 3. The minimum Gasteiger partial charge on any atom is -0.316 e. The van der Waals surface area contributed by atoms with E-state index in [-0.39, 0.29) is 0 Å². The summed E-state index contributed by atoms with van der Waals surface area (Å²) in [7, 11) is 0. The second-order valence-corrected chi connectivity index (χ2v) is 4.29. The first-order valence-electron chi connectivity index (χ1n) is 5.59. The van der Waals surface area contributed by atoms with Crippen LogP contribution in [0.2, 0.25) is 0 Å². The Morgan fingerprint density at radius 3 is 2.71 bits per heavy atom. The van der Waals surface area contributed by atoms with E-state index in [0.717, 1.165) is 6.42 Å². The van der Waals surface area contributed by atoms with Gasteiger partial charge < -0.3 is 5.32 Å². The Labute approximate surface area is 97.8 Å². The van der Waals surface area contributed by atoms with Gasteiger partial charge in [-0.3, -0.25) is 9.63 Å². The van der Waals surface area contributed by atoms with E-state index in [4.69, 9.17) is 0 Å². The Morgan fingerprint density at radius 1 is 1.53 bits per heavy atom. The monoisotopic (exact) mass is 254 g/mol. The highest BCUT2D eigenvalue weighted by Crippen LogP contribution is 2.31. The SMILES string of the molecule is CCCC1(C(=O)NOCC(F)(F)F)CCNC1. The zero-order valence-electron chi connectivity index (χ0n) is 9.69. The van der Waals surface area contributed by atoms with Crippen molar-refractivity contribution in [3.8, 4) is 0 Å². The maximum atomic E-state index is 11.8. The zero-order valence-corrected chi connectivity index (χ0v) is 9.69. The van der Waals surface area contributed by atoms with Gasteiger partial charge in [0.2, 0.25) is 0 Å². The second-order valence-electron chi connectivity index (χ2n) is 4.29. The normalized spacial score (nSPS) is 24.9. The molecule has 0 aromatic rings. The fraction of sp³-hybridized carbons (Fsp3) is 0.900. The van der Waals surface area contributed by atoms with E-state index in [9.17, 15) is 18.0 Å². The van der Waals surface area contributed by atoms with Crippen LogP contribution in [0.5, 0.6) is 0 Å². The highest BCUT2D eigenvalue weighted by molar-refractivity contribution is 5.82. The first kappa shape index (κ1) is 14.2. The summed E-state index contributed by atoms with van der Waals surface area (Å²) >= 11 is 0. The standard InChI is InChI=1S/C10H17F3N2O2/c1-2-3-9(4-5-14-6-9)8(16)15-17-7-10(11,12)13/h14H,2-7H2,1H3,(H,15,16). The largest absolute Gasteiger partial charge is 0.414 e. The maximum absolute atomic E-state index is 11.8. The Hall–Kier alpha value is -0.820. The van der Waals surface area contributed by atoms with Gasteiger partial charge in [-0.25, -0.2) is 5.48 Å². The molecule has 0 saturated carbocycles. The van der Waals surface area contributed by atoms with E-state index in [2.05, 4.69) is 10.2 Å². The molecule has 2 N–H and O–H groups in total. The minimum absolute atomic E-state index is 0.464. The molecule has 1 aliphatic heterocycles. The Bertz CT molecular complexity index is 263. The quantitative estimate of drug-likeness (QED) is 0.729. The van der Waals surface area contributed by atoms with Crippen LogP contribution in [0.3, 0.4) is 0 Å². The van der Waals surface area contributed by atoms with Crippen LogP contribution in [0.15, 0.2) is 0 Å². The number of hydroxylamine groups is 1. The topological polar surface area (TPSA) is 50.4 Å². The van der Waals surface area contributed by atoms with Crippen molar-refractivity contribution in [3.63, 3.8) is 0 Å². The van der Waals surface area contributed by atoms with Gasteiger partial charge in [-0.15, -0.1) is 0 Å². The number of hydrogen-bond donors (Lipinski definition) is 2. The lowest BCUT2D eigenvalue weighted by Gasteiger charge is -2.26. The average Bonchev–Trinajstić information content (AvgIpc) is 2.66. The molecule has 7 heteroatoms. The molecule has 17 heavy (non-hydrogen) atoms. The molecular formula is C10H17F3N2O2. The van der Waals surface area contributed by atoms with Crippen molar-refractivity contribution in [2.75, 3.05) is 19.7 Å². The number of carbonyl (C=O) groups excluding carboxylic acids is 1. The predicted octanol–water partition coefficient (Wildman–Crippen LogP) is 1.38. The zero-order chi connectivity index (χ0) is 12.9. The number of hydrogen-bond acceptors (Lipinski definition) is 3. The molecule has 0 aromatic carbocycles. The third-order valence-electron chi connectivity index (χ3n) is 2.85. The van der Waals surface area contributed by atoms with Crippen LogP contribution in [0.4, 0.5) is 13.2 Å². The summed E-state index contributed by atoms with van der Waals surface area (Å²) in [4.78, 5) is 16.0. The van der Waals surface area contributed by atoms with Gasteiger partial charge in [0, 0.05) is 6.54 Å². The summed E-state index contributed by atoms with van der Waals surface area (Å²) in [5, 5.41) is 3.05. The van der Waals surface area contributed by atoms with Crippen LogP contribution in [0.25, 0.3) is 0 Å². The van der Waals surface area contributed by atoms with E-state index in [1.165, 1.54) is 0 Å². The van der Waals surface area contributed by atoms with E-state index in [1.54, 1.807) is 0 Å². The Kier molecular flexibility index (Phi) is 4.76. The highest BCUT2D eigenvalue weighted by atomic mass is 19.4. The molecule has 1 unspecified atom stereocenters. The molecule has 1 fully saturated rings. The fourth-order valence-corrected chi connectivity index (χ4v) is 2.03. The first-order chi connectivity index (χ1) is 7.90. The van der Waals surface area contributed by atoms with E-state index < -0.39 is 24.1 Å². The molecule has 1 amide bonds. The van der Waals surface area contributed by atoms with Crippen molar-refractivity contribution in [2.24, 2.45) is 5.41 Å². The van der Waals surface area contributed by atoms with Crippen LogP contribution in [0, 0.1) is 5.41 Å². The van der Waals surface area contributed by atoms with Gasteiger partial charge in [-0.1, -0.05) is 13.3 Å². The molecule has 0 bridgehead atoms. The first-order valence-corrected chi connectivity index (χ1v) is 5.59. The van der Waals surface area contributed by atoms with Crippen molar-refractivity contribution in [1.29, 1.82) is 0 Å². The van der Waals surface area contributed by atoms with Crippen LogP contribution >= 0.6 is 0 Å². The second kappa shape index (κ2) is 5.68. The summed E-state index contributed by atoms with van der Waals surface area (Å²) in [6, 6.07) is 0. The van der Waals surface area contributed by atoms with Crippen molar-refractivity contribution >= 4 is 5.91 Å². The number of carbonyl (C=O) groups is 1. The number of nitrogens with one attached hydrogen (secondary N) is 2. The molecule has 1 saturated heterocycles. The molecule has 1 heterocycles. The molecular weight excluding hydrogens is 237 g/mol. The lowest BCUT2D eigenvalue weighted by Crippen LogP contribution is -2.43. The summed E-state index contributed by atoms with van der Waals surface area (Å²) in [6.45, 7) is 1.66. The molecule has 100 valence electrons. The Balaban J connectivity index is 2.44. The van der Waals surface area contributed by atoms with Gasteiger partial charge in [0.05, 0.1) is 5.41 Å². The smallest absolute Gasteiger partial charge is 0.316 e. The molecule has 0 radical (unpaired) electrons. The van der Waals surface area contributed by atoms with Gasteiger partial charge in [-0.05, 0) is 19.4 Å². The van der Waals surface area contributed by atoms with E-state index in [1.807, 2.05) is 12.4 Å². The van der Waals surface area contributed by atoms with Crippen LogP contribution in [0.1, 0.15) is 26.2 Å². The summed E-state index contributed by atoms with van der Waals surface area (Å²) in [5.74, 6) is -0.464. The van der Waals surface area contributed by atoms with Crippen molar-refractivity contribution in [3.05, 3.63) is 0 Å². The predicted molar refractivity (Wildman–Crippen MR) is 55.0 cm³/mol. The summed E-state index contributed by atoms with van der Waals surface area (Å²) in [5.41, 5.74) is 1.28. The molecule has 0 aromatic heterocycles. The number of alkyl halides is 3. The molecule has 1 atom stereocenters. The van der Waals surface area contributed by atoms with E-state index in [0.29, 0.717) is 25.9 Å². The third-order valence-corrected chi connectivity index (χ3v) is 2.85. The highest BCUT2D eigenvalue weighted by Gasteiger charge is 2.41.